The second-order valence-electron chi connectivity index (χ2n) is 2.53. The van der Waals surface area contributed by atoms with Gasteiger partial charge in [-0.15, -0.1) is 0 Å². The van der Waals surface area contributed by atoms with E-state index in [2.05, 4.69) is 38.7 Å². The normalized spacial score (nSPS) is 10.6. The van der Waals surface area contributed by atoms with Crippen LogP contribution in [0.5, 0.6) is 0 Å². The first-order chi connectivity index (χ1) is 7.00. The van der Waals surface area contributed by atoms with Crippen LogP contribution in [0.15, 0.2) is 21.7 Å². The zero-order valence-electron chi connectivity index (χ0n) is 7.30. The molecule has 0 bridgehead atoms. The topological polar surface area (TPSA) is 50.4 Å². The van der Waals surface area contributed by atoms with Crippen molar-refractivity contribution in [1.29, 1.82) is 0 Å². The van der Waals surface area contributed by atoms with Crippen LogP contribution in [-0.4, -0.2) is 11.3 Å². The van der Waals surface area contributed by atoms with E-state index in [1.807, 2.05) is 22.6 Å². The van der Waals surface area contributed by atoms with E-state index in [1.165, 1.54) is 18.3 Å². The van der Waals surface area contributed by atoms with E-state index >= 15 is 0 Å². The molecule has 0 aliphatic rings. The lowest BCUT2D eigenvalue weighted by molar-refractivity contribution is 0.626. The van der Waals surface area contributed by atoms with E-state index in [4.69, 9.17) is 5.73 Å². The third-order valence-corrected chi connectivity index (χ3v) is 3.97. The van der Waals surface area contributed by atoms with Crippen molar-refractivity contribution in [3.8, 4) is 0 Å². The van der Waals surface area contributed by atoms with Crippen molar-refractivity contribution in [2.75, 3.05) is 0 Å². The number of hydrogen-bond acceptors (Lipinski definition) is 2. The first-order valence-corrected chi connectivity index (χ1v) is 6.01. The SMILES string of the molecule is NC(=S)NN=Cc1cc(F)cc(I)c1Br. The van der Waals surface area contributed by atoms with Crippen molar-refractivity contribution < 1.29 is 4.39 Å². The van der Waals surface area contributed by atoms with Gasteiger partial charge in [-0.1, -0.05) is 0 Å². The summed E-state index contributed by atoms with van der Waals surface area (Å²) in [5, 5.41) is 3.81. The van der Waals surface area contributed by atoms with Gasteiger partial charge in [0.25, 0.3) is 0 Å². The number of nitrogens with zero attached hydrogens (tertiary/aromatic N) is 1. The number of nitrogens with two attached hydrogens (primary N) is 1. The Morgan fingerprint density at radius 3 is 2.93 bits per heavy atom. The van der Waals surface area contributed by atoms with Crippen LogP contribution in [0.2, 0.25) is 0 Å². The smallest absolute Gasteiger partial charge is 0.184 e. The Kier molecular flexibility index (Phi) is 4.87. The molecule has 0 heterocycles. The maximum atomic E-state index is 13.0. The van der Waals surface area contributed by atoms with Gasteiger partial charge in [0.15, 0.2) is 5.11 Å². The van der Waals surface area contributed by atoms with Crippen molar-refractivity contribution >= 4 is 62.1 Å². The molecule has 0 aliphatic carbocycles. The molecule has 0 spiro atoms. The van der Waals surface area contributed by atoms with Crippen molar-refractivity contribution in [2.24, 2.45) is 10.8 Å². The zero-order chi connectivity index (χ0) is 11.4. The maximum Gasteiger partial charge on any atom is 0.184 e. The largest absolute Gasteiger partial charge is 0.375 e. The van der Waals surface area contributed by atoms with E-state index in [0.717, 1.165) is 8.04 Å². The van der Waals surface area contributed by atoms with E-state index in [-0.39, 0.29) is 10.9 Å². The highest BCUT2D eigenvalue weighted by molar-refractivity contribution is 14.1. The van der Waals surface area contributed by atoms with Gasteiger partial charge in [-0.25, -0.2) is 4.39 Å². The second kappa shape index (κ2) is 5.71. The fraction of sp³-hybridized carbons (Fsp3) is 0. The lowest BCUT2D eigenvalue weighted by Crippen LogP contribution is -2.24. The molecular weight excluding hydrogens is 396 g/mol. The second-order valence-corrected chi connectivity index (χ2v) is 4.92. The van der Waals surface area contributed by atoms with Gasteiger partial charge >= 0.3 is 0 Å². The number of nitrogens with one attached hydrogen (secondary N) is 1. The number of hydrogen-bond donors (Lipinski definition) is 2. The molecule has 0 saturated heterocycles. The Balaban J connectivity index is 2.94. The van der Waals surface area contributed by atoms with Gasteiger partial charge < -0.3 is 5.73 Å². The Morgan fingerprint density at radius 2 is 2.33 bits per heavy atom. The van der Waals surface area contributed by atoms with Gasteiger partial charge in [-0.3, -0.25) is 5.43 Å². The molecule has 0 fully saturated rings. The highest BCUT2D eigenvalue weighted by Gasteiger charge is 2.04. The molecular formula is C8H6BrFIN3S. The summed E-state index contributed by atoms with van der Waals surface area (Å²) in [5.74, 6) is -0.320. The quantitative estimate of drug-likeness (QED) is 0.263. The summed E-state index contributed by atoms with van der Waals surface area (Å²) in [5.41, 5.74) is 8.18. The van der Waals surface area contributed by atoms with Gasteiger partial charge in [0.1, 0.15) is 5.82 Å². The molecule has 0 radical (unpaired) electrons. The summed E-state index contributed by atoms with van der Waals surface area (Å²) in [6, 6.07) is 2.78. The van der Waals surface area contributed by atoms with Crippen LogP contribution in [0.4, 0.5) is 4.39 Å². The predicted octanol–water partition coefficient (Wildman–Crippen LogP) is 2.36. The maximum absolute atomic E-state index is 13.0. The van der Waals surface area contributed by atoms with Crippen LogP contribution in [0.3, 0.4) is 0 Å². The molecule has 1 aromatic carbocycles. The average molecular weight is 402 g/mol. The third kappa shape index (κ3) is 3.99. The first-order valence-electron chi connectivity index (χ1n) is 3.73. The minimum absolute atomic E-state index is 0.0634. The monoisotopic (exact) mass is 401 g/mol. The lowest BCUT2D eigenvalue weighted by Gasteiger charge is -2.01. The number of thiocarbonyl (C=S) groups is 1. The summed E-state index contributed by atoms with van der Waals surface area (Å²) in [7, 11) is 0. The number of hydrazone groups is 1. The Bertz CT molecular complexity index is 425. The predicted molar refractivity (Wildman–Crippen MR) is 74.3 cm³/mol. The summed E-state index contributed by atoms with van der Waals surface area (Å²) in [6.07, 6.45) is 1.44. The molecule has 0 atom stereocenters. The first kappa shape index (κ1) is 12.8. The van der Waals surface area contributed by atoms with Gasteiger partial charge in [-0.2, -0.15) is 5.10 Å². The molecule has 15 heavy (non-hydrogen) atoms. The van der Waals surface area contributed by atoms with E-state index in [9.17, 15) is 4.39 Å². The van der Waals surface area contributed by atoms with E-state index in [0.29, 0.717) is 5.56 Å². The van der Waals surface area contributed by atoms with Gasteiger partial charge in [-0.05, 0) is 62.9 Å². The highest BCUT2D eigenvalue weighted by Crippen LogP contribution is 2.23. The fourth-order valence-electron chi connectivity index (χ4n) is 0.835. The molecule has 1 aromatic rings. The standard InChI is InChI=1S/C8H6BrFIN3S/c9-7-4(3-13-14-8(12)15)1-5(10)2-6(7)11/h1-3H,(H3,12,14,15). The molecule has 3 N–H and O–H groups in total. The molecule has 0 aliphatic heterocycles. The number of benzene rings is 1. The van der Waals surface area contributed by atoms with Gasteiger partial charge in [0.05, 0.1) is 6.21 Å². The Labute approximate surface area is 114 Å². The van der Waals surface area contributed by atoms with Crippen molar-refractivity contribution in [3.05, 3.63) is 31.6 Å². The van der Waals surface area contributed by atoms with Crippen LogP contribution in [-0.2, 0) is 0 Å². The lowest BCUT2D eigenvalue weighted by atomic mass is 10.2. The third-order valence-electron chi connectivity index (χ3n) is 1.40. The van der Waals surface area contributed by atoms with Crippen molar-refractivity contribution in [3.63, 3.8) is 0 Å². The number of rotatable bonds is 2. The summed E-state index contributed by atoms with van der Waals surface area (Å²) in [4.78, 5) is 0. The molecule has 0 amide bonds. The molecule has 0 aromatic heterocycles. The molecule has 7 heteroatoms. The van der Waals surface area contributed by atoms with Crippen LogP contribution in [0.1, 0.15) is 5.56 Å². The molecule has 80 valence electrons. The van der Waals surface area contributed by atoms with Crippen molar-refractivity contribution in [2.45, 2.75) is 0 Å². The molecule has 0 saturated carbocycles. The van der Waals surface area contributed by atoms with Gasteiger partial charge in [0.2, 0.25) is 0 Å². The van der Waals surface area contributed by atoms with Crippen LogP contribution in [0, 0.1) is 9.39 Å². The van der Waals surface area contributed by atoms with Crippen LogP contribution >= 0.6 is 50.7 Å². The van der Waals surface area contributed by atoms with Crippen LogP contribution < -0.4 is 11.2 Å². The van der Waals surface area contributed by atoms with E-state index < -0.39 is 0 Å². The minimum Gasteiger partial charge on any atom is -0.375 e. The highest BCUT2D eigenvalue weighted by atomic mass is 127. The Hall–Kier alpha value is -0.280. The zero-order valence-corrected chi connectivity index (χ0v) is 11.9. The summed E-state index contributed by atoms with van der Waals surface area (Å²) in [6.45, 7) is 0. The van der Waals surface area contributed by atoms with Gasteiger partial charge in [0, 0.05) is 13.6 Å². The molecule has 3 nitrogen and oxygen atoms in total. The fourth-order valence-corrected chi connectivity index (χ4v) is 1.83. The van der Waals surface area contributed by atoms with E-state index in [1.54, 1.807) is 0 Å². The minimum atomic E-state index is -0.320. The Morgan fingerprint density at radius 1 is 1.67 bits per heavy atom. The van der Waals surface area contributed by atoms with Crippen LogP contribution in [0.25, 0.3) is 0 Å². The summed E-state index contributed by atoms with van der Waals surface area (Å²) >= 11 is 9.91. The molecule has 1 rings (SSSR count). The average Bonchev–Trinajstić information content (AvgIpc) is 2.12. The summed E-state index contributed by atoms with van der Waals surface area (Å²) < 4.78 is 14.6. The number of halogens is 3. The molecule has 0 unspecified atom stereocenters. The van der Waals surface area contributed by atoms with Crippen molar-refractivity contribution in [1.82, 2.24) is 5.43 Å².